The van der Waals surface area contributed by atoms with Gasteiger partial charge in [0.2, 0.25) is 5.88 Å². The van der Waals surface area contributed by atoms with E-state index < -0.39 is 16.8 Å². The van der Waals surface area contributed by atoms with E-state index in [1.807, 2.05) is 6.07 Å². The van der Waals surface area contributed by atoms with Crippen LogP contribution < -0.4 is 5.73 Å². The summed E-state index contributed by atoms with van der Waals surface area (Å²) >= 11 is 0. The number of ether oxygens (including phenoxy) is 2. The van der Waals surface area contributed by atoms with Gasteiger partial charge >= 0.3 is 5.97 Å². The Morgan fingerprint density at radius 3 is 2.72 bits per heavy atom. The molecule has 1 atom stereocenters. The number of nitro groups is 1. The fourth-order valence-corrected chi connectivity index (χ4v) is 2.83. The molecule has 25 heavy (non-hydrogen) atoms. The van der Waals surface area contributed by atoms with E-state index in [2.05, 4.69) is 0 Å². The van der Waals surface area contributed by atoms with Gasteiger partial charge in [0.15, 0.2) is 0 Å². The molecule has 0 saturated heterocycles. The first kappa shape index (κ1) is 18.0. The molecule has 0 amide bonds. The molecule has 130 valence electrons. The molecule has 8 heteroatoms. The lowest BCUT2D eigenvalue weighted by atomic mass is 9.81. The quantitative estimate of drug-likeness (QED) is 0.505. The topological polar surface area (TPSA) is 128 Å². The molecule has 1 aromatic carbocycles. The molecule has 1 unspecified atom stereocenters. The Morgan fingerprint density at radius 2 is 2.16 bits per heavy atom. The van der Waals surface area contributed by atoms with Crippen molar-refractivity contribution < 1.29 is 19.2 Å². The fourth-order valence-electron chi connectivity index (χ4n) is 2.83. The molecule has 8 nitrogen and oxygen atoms in total. The normalized spacial score (nSPS) is 17.0. The number of carbonyl (C=O) groups excluding carboxylic acids is 1. The molecule has 1 aliphatic rings. The Kier molecular flexibility index (Phi) is 5.08. The van der Waals surface area contributed by atoms with Crippen molar-refractivity contribution >= 4 is 11.7 Å². The van der Waals surface area contributed by atoms with Crippen molar-refractivity contribution in [1.82, 2.24) is 0 Å². The summed E-state index contributed by atoms with van der Waals surface area (Å²) in [5.74, 6) is -1.77. The minimum atomic E-state index is -1.03. The Hall–Kier alpha value is -3.34. The second kappa shape index (κ2) is 7.05. The number of carbonyl (C=O) groups is 1. The number of nitro benzene ring substituents is 1. The third kappa shape index (κ3) is 3.17. The number of nitrogens with zero attached hydrogens (tertiary/aromatic N) is 2. The number of allylic oxidation sites excluding steroid dienone is 2. The van der Waals surface area contributed by atoms with Gasteiger partial charge in [0.25, 0.3) is 5.69 Å². The summed E-state index contributed by atoms with van der Waals surface area (Å²) in [6.07, 6.45) is 0. The maximum absolute atomic E-state index is 12.4. The lowest BCUT2D eigenvalue weighted by molar-refractivity contribution is -0.386. The van der Waals surface area contributed by atoms with Crippen LogP contribution in [0.15, 0.2) is 41.0 Å². The molecule has 0 aliphatic carbocycles. The first-order chi connectivity index (χ1) is 11.8. The SMILES string of the molecule is CCOC(=O)C1=C(C)OC(N)=C(C#N)C1c1cccc(C)c1[N+](=O)[O-]. The number of nitriles is 1. The minimum absolute atomic E-state index is 0.0290. The number of rotatable bonds is 4. The predicted molar refractivity (Wildman–Crippen MR) is 87.8 cm³/mol. The highest BCUT2D eigenvalue weighted by atomic mass is 16.6. The number of benzene rings is 1. The monoisotopic (exact) mass is 343 g/mol. The molecule has 2 rings (SSSR count). The highest BCUT2D eigenvalue weighted by molar-refractivity contribution is 5.93. The van der Waals surface area contributed by atoms with Gasteiger partial charge in [0.05, 0.1) is 23.0 Å². The lowest BCUT2D eigenvalue weighted by Gasteiger charge is -2.26. The van der Waals surface area contributed by atoms with Crippen LogP contribution >= 0.6 is 0 Å². The van der Waals surface area contributed by atoms with Gasteiger partial charge in [-0.15, -0.1) is 0 Å². The van der Waals surface area contributed by atoms with Gasteiger partial charge in [-0.25, -0.2) is 4.79 Å². The largest absolute Gasteiger partial charge is 0.463 e. The number of para-hydroxylation sites is 1. The second-order valence-electron chi connectivity index (χ2n) is 5.38. The Bertz CT molecular complexity index is 848. The van der Waals surface area contributed by atoms with E-state index in [4.69, 9.17) is 15.2 Å². The van der Waals surface area contributed by atoms with E-state index in [1.54, 1.807) is 26.0 Å². The molecule has 0 aromatic heterocycles. The molecule has 1 aromatic rings. The van der Waals surface area contributed by atoms with E-state index in [0.29, 0.717) is 5.56 Å². The molecule has 0 radical (unpaired) electrons. The van der Waals surface area contributed by atoms with Crippen LogP contribution in [-0.4, -0.2) is 17.5 Å². The highest BCUT2D eigenvalue weighted by Gasteiger charge is 2.39. The average molecular weight is 343 g/mol. The molecular weight excluding hydrogens is 326 g/mol. The number of hydrogen-bond acceptors (Lipinski definition) is 7. The summed E-state index contributed by atoms with van der Waals surface area (Å²) in [6.45, 7) is 4.83. The van der Waals surface area contributed by atoms with Crippen LogP contribution in [0.2, 0.25) is 0 Å². The molecule has 0 saturated carbocycles. The molecule has 0 spiro atoms. The fraction of sp³-hybridized carbons (Fsp3) is 0.294. The smallest absolute Gasteiger partial charge is 0.338 e. The van der Waals surface area contributed by atoms with E-state index >= 15 is 0 Å². The molecule has 1 aliphatic heterocycles. The maximum Gasteiger partial charge on any atom is 0.338 e. The van der Waals surface area contributed by atoms with Crippen LogP contribution in [0.3, 0.4) is 0 Å². The zero-order valence-corrected chi connectivity index (χ0v) is 14.0. The first-order valence-electron chi connectivity index (χ1n) is 7.52. The summed E-state index contributed by atoms with van der Waals surface area (Å²) in [5, 5.41) is 21.1. The van der Waals surface area contributed by atoms with Crippen LogP contribution in [0, 0.1) is 28.4 Å². The van der Waals surface area contributed by atoms with Gasteiger partial charge in [-0.2, -0.15) is 5.26 Å². The van der Waals surface area contributed by atoms with Gasteiger partial charge < -0.3 is 15.2 Å². The molecule has 0 bridgehead atoms. The zero-order chi connectivity index (χ0) is 18.7. The van der Waals surface area contributed by atoms with Gasteiger partial charge in [-0.3, -0.25) is 10.1 Å². The maximum atomic E-state index is 12.4. The Balaban J connectivity index is 2.79. The summed E-state index contributed by atoms with van der Waals surface area (Å²) in [4.78, 5) is 23.4. The van der Waals surface area contributed by atoms with Gasteiger partial charge in [-0.05, 0) is 20.8 Å². The van der Waals surface area contributed by atoms with E-state index in [9.17, 15) is 20.2 Å². The lowest BCUT2D eigenvalue weighted by Crippen LogP contribution is -2.26. The van der Waals surface area contributed by atoms with Crippen molar-refractivity contribution in [3.63, 3.8) is 0 Å². The van der Waals surface area contributed by atoms with Crippen LogP contribution in [0.4, 0.5) is 5.69 Å². The van der Waals surface area contributed by atoms with Crippen molar-refractivity contribution in [2.24, 2.45) is 5.73 Å². The van der Waals surface area contributed by atoms with Crippen molar-refractivity contribution in [2.45, 2.75) is 26.7 Å². The number of esters is 1. The number of nitrogens with two attached hydrogens (primary N) is 1. The highest BCUT2D eigenvalue weighted by Crippen LogP contribution is 2.43. The van der Waals surface area contributed by atoms with E-state index in [1.165, 1.54) is 13.0 Å². The molecule has 0 fully saturated rings. The van der Waals surface area contributed by atoms with Gasteiger partial charge in [-0.1, -0.05) is 18.2 Å². The molecular formula is C17H17N3O5. The minimum Gasteiger partial charge on any atom is -0.463 e. The summed E-state index contributed by atoms with van der Waals surface area (Å²) in [5.41, 5.74) is 6.17. The zero-order valence-electron chi connectivity index (χ0n) is 14.0. The predicted octanol–water partition coefficient (Wildman–Crippen LogP) is 2.55. The standard InChI is InChI=1S/C17H17N3O5/c1-4-24-17(21)13-10(3)25-16(19)12(8-18)14(13)11-7-5-6-9(2)15(11)20(22)23/h5-7,14H,4,19H2,1-3H3. The van der Waals surface area contributed by atoms with E-state index in [0.717, 1.165) is 0 Å². The summed E-state index contributed by atoms with van der Waals surface area (Å²) < 4.78 is 10.3. The van der Waals surface area contributed by atoms with Crippen LogP contribution in [0.25, 0.3) is 0 Å². The Morgan fingerprint density at radius 1 is 1.48 bits per heavy atom. The van der Waals surface area contributed by atoms with Crippen molar-refractivity contribution in [3.05, 3.63) is 62.2 Å². The average Bonchev–Trinajstić information content (AvgIpc) is 2.53. The molecule has 2 N–H and O–H groups in total. The summed E-state index contributed by atoms with van der Waals surface area (Å²) in [6, 6.07) is 6.60. The Labute approximate surface area is 144 Å². The number of hydrogen-bond donors (Lipinski definition) is 1. The second-order valence-corrected chi connectivity index (χ2v) is 5.38. The third-order valence-corrected chi connectivity index (χ3v) is 3.86. The van der Waals surface area contributed by atoms with Crippen LogP contribution in [0.5, 0.6) is 0 Å². The van der Waals surface area contributed by atoms with Crippen molar-refractivity contribution in [2.75, 3.05) is 6.61 Å². The van der Waals surface area contributed by atoms with Crippen molar-refractivity contribution in [1.29, 1.82) is 5.26 Å². The van der Waals surface area contributed by atoms with Gasteiger partial charge in [0, 0.05) is 11.1 Å². The molecule has 1 heterocycles. The third-order valence-electron chi connectivity index (χ3n) is 3.86. The first-order valence-corrected chi connectivity index (χ1v) is 7.52. The van der Waals surface area contributed by atoms with Crippen LogP contribution in [0.1, 0.15) is 30.9 Å². The van der Waals surface area contributed by atoms with Crippen molar-refractivity contribution in [3.8, 4) is 6.07 Å². The summed E-state index contributed by atoms with van der Waals surface area (Å²) in [7, 11) is 0. The van der Waals surface area contributed by atoms with Crippen LogP contribution in [-0.2, 0) is 14.3 Å². The number of aryl methyl sites for hydroxylation is 1. The van der Waals surface area contributed by atoms with E-state index in [-0.39, 0.29) is 40.6 Å². The van der Waals surface area contributed by atoms with Gasteiger partial charge in [0.1, 0.15) is 17.4 Å².